The first-order valence-corrected chi connectivity index (χ1v) is 20.0. The number of piperazine rings is 1. The first-order chi connectivity index (χ1) is 27.7. The third-order valence-corrected chi connectivity index (χ3v) is 12.6. The number of anilines is 1. The molecule has 0 unspecified atom stereocenters. The summed E-state index contributed by atoms with van der Waals surface area (Å²) in [7, 11) is 1.46. The van der Waals surface area contributed by atoms with E-state index in [2.05, 4.69) is 10.8 Å². The molecule has 9 rings (SSSR count). The molecular weight excluding hydrogens is 757 g/mol. The van der Waals surface area contributed by atoms with Gasteiger partial charge < -0.3 is 23.8 Å². The third-order valence-electron chi connectivity index (χ3n) is 12.6. The molecule has 4 aromatic rings. The summed E-state index contributed by atoms with van der Waals surface area (Å²) < 4.78 is 90.9. The molecule has 4 fully saturated rings. The SMILES string of the molecule is C#Cc1c(F)ccc2cc(OCOC)cc(-c3nc4c5c(nc(OCC67CCCN6CCC7)nc5c3F)N3C[C@@]5(F)CC[C@@](F)([C@H]3CCC4)N5C(=O)OC(C)(C)C)c12. The van der Waals surface area contributed by atoms with E-state index in [9.17, 15) is 4.79 Å². The number of hydrogen-bond acceptors (Lipinski definition) is 10. The minimum atomic E-state index is -2.47. The van der Waals surface area contributed by atoms with Gasteiger partial charge in [0.25, 0.3) is 0 Å². The Morgan fingerprint density at radius 2 is 1.78 bits per heavy atom. The first kappa shape index (κ1) is 38.6. The maximum atomic E-state index is 17.7. The summed E-state index contributed by atoms with van der Waals surface area (Å²) in [6.45, 7) is 6.50. The van der Waals surface area contributed by atoms with Crippen LogP contribution in [0.4, 0.5) is 28.2 Å². The Kier molecular flexibility index (Phi) is 9.20. The number of halogens is 4. The monoisotopic (exact) mass is 802 g/mol. The van der Waals surface area contributed by atoms with Gasteiger partial charge in [0.1, 0.15) is 40.8 Å². The molecule has 2 bridgehead atoms. The van der Waals surface area contributed by atoms with Crippen molar-refractivity contribution in [1.82, 2.24) is 24.8 Å². The molecule has 2 aromatic heterocycles. The number of alkyl halides is 2. The van der Waals surface area contributed by atoms with Gasteiger partial charge in [-0.05, 0) is 102 Å². The molecule has 3 atom stereocenters. The molecule has 58 heavy (non-hydrogen) atoms. The van der Waals surface area contributed by atoms with Gasteiger partial charge >= 0.3 is 12.1 Å². The van der Waals surface area contributed by atoms with Crippen LogP contribution in [0.15, 0.2) is 24.3 Å². The summed E-state index contributed by atoms with van der Waals surface area (Å²) in [4.78, 5) is 32.6. The second kappa shape index (κ2) is 13.8. The summed E-state index contributed by atoms with van der Waals surface area (Å²) in [5.74, 6) is -3.70. The normalized spacial score (nSPS) is 25.0. The lowest BCUT2D eigenvalue weighted by Crippen LogP contribution is -2.71. The highest BCUT2D eigenvalue weighted by Gasteiger charge is 2.69. The Labute approximate surface area is 334 Å². The van der Waals surface area contributed by atoms with Crippen molar-refractivity contribution < 1.29 is 41.3 Å². The van der Waals surface area contributed by atoms with Crippen LogP contribution in [0.3, 0.4) is 0 Å². The van der Waals surface area contributed by atoms with E-state index in [1.54, 1.807) is 26.8 Å². The van der Waals surface area contributed by atoms with Crippen molar-refractivity contribution >= 4 is 33.6 Å². The fourth-order valence-corrected chi connectivity index (χ4v) is 10.1. The van der Waals surface area contributed by atoms with Crippen LogP contribution in [0.25, 0.3) is 32.9 Å². The number of benzene rings is 2. The number of hydrogen-bond donors (Lipinski definition) is 0. The molecule has 2 aromatic carbocycles. The van der Waals surface area contributed by atoms with E-state index >= 15 is 17.6 Å². The molecule has 0 spiro atoms. The van der Waals surface area contributed by atoms with Crippen molar-refractivity contribution in [3.05, 3.63) is 47.2 Å². The van der Waals surface area contributed by atoms with Crippen LogP contribution >= 0.6 is 0 Å². The molecule has 5 aliphatic rings. The number of pyridine rings is 1. The van der Waals surface area contributed by atoms with E-state index in [-0.39, 0.29) is 89.6 Å². The van der Waals surface area contributed by atoms with Crippen molar-refractivity contribution in [2.24, 2.45) is 0 Å². The molecule has 1 amide bonds. The number of nitrogens with zero attached hydrogens (tertiary/aromatic N) is 6. The fraction of sp³-hybridized carbons (Fsp3) is 0.535. The number of ether oxygens (including phenoxy) is 4. The van der Waals surface area contributed by atoms with E-state index < -0.39 is 47.5 Å². The molecule has 15 heteroatoms. The van der Waals surface area contributed by atoms with Gasteiger partial charge in [-0.3, -0.25) is 4.90 Å². The average molecular weight is 803 g/mol. The molecule has 11 nitrogen and oxygen atoms in total. The number of carbonyl (C=O) groups excluding carboxylic acids is 1. The first-order valence-electron chi connectivity index (χ1n) is 20.0. The zero-order valence-electron chi connectivity index (χ0n) is 33.1. The van der Waals surface area contributed by atoms with Gasteiger partial charge in [-0.1, -0.05) is 12.0 Å². The second-order valence-electron chi connectivity index (χ2n) is 17.3. The molecule has 5 aliphatic heterocycles. The summed E-state index contributed by atoms with van der Waals surface area (Å²) >= 11 is 0. The predicted octanol–water partition coefficient (Wildman–Crippen LogP) is 7.98. The largest absolute Gasteiger partial charge is 0.468 e. The highest BCUT2D eigenvalue weighted by Crippen LogP contribution is 2.55. The number of amides is 1. The smallest absolute Gasteiger partial charge is 0.415 e. The second-order valence-corrected chi connectivity index (χ2v) is 17.3. The van der Waals surface area contributed by atoms with Crippen LogP contribution in [-0.2, 0) is 15.9 Å². The van der Waals surface area contributed by atoms with Crippen molar-refractivity contribution in [3.63, 3.8) is 0 Å². The molecule has 0 radical (unpaired) electrons. The van der Waals surface area contributed by atoms with E-state index in [0.29, 0.717) is 28.2 Å². The summed E-state index contributed by atoms with van der Waals surface area (Å²) in [6.07, 6.45) is 8.85. The number of aromatic nitrogens is 3. The molecule has 306 valence electrons. The maximum absolute atomic E-state index is 17.7. The van der Waals surface area contributed by atoms with Crippen LogP contribution < -0.4 is 14.4 Å². The van der Waals surface area contributed by atoms with Crippen molar-refractivity contribution in [2.45, 2.75) is 107 Å². The Balaban J connectivity index is 1.25. The number of rotatable bonds is 7. The number of aryl methyl sites for hydroxylation is 1. The van der Waals surface area contributed by atoms with Gasteiger partial charge in [0.15, 0.2) is 12.6 Å². The highest BCUT2D eigenvalue weighted by atomic mass is 19.2. The van der Waals surface area contributed by atoms with Gasteiger partial charge in [0.05, 0.1) is 34.8 Å². The zero-order valence-corrected chi connectivity index (χ0v) is 33.1. The van der Waals surface area contributed by atoms with Crippen molar-refractivity contribution in [2.75, 3.05) is 45.0 Å². The van der Waals surface area contributed by atoms with Gasteiger partial charge in [0.2, 0.25) is 11.6 Å². The van der Waals surface area contributed by atoms with Crippen LogP contribution in [0, 0.1) is 24.0 Å². The molecule has 4 saturated heterocycles. The maximum Gasteiger partial charge on any atom is 0.415 e. The van der Waals surface area contributed by atoms with Crippen LogP contribution in [0.1, 0.15) is 83.4 Å². The molecule has 0 saturated carbocycles. The Morgan fingerprint density at radius 1 is 1.00 bits per heavy atom. The van der Waals surface area contributed by atoms with Gasteiger partial charge in [-0.15, -0.1) is 6.42 Å². The molecule has 0 N–H and O–H groups in total. The standard InChI is InChI=1S/C43H46F4N6O5/c1-6-27-29(44)13-12-25-20-26(57-24-55-5)21-28(32(25)27)35-34(45)36-33-30(48-35)10-7-11-31-43(47)17-16-42(46,53(43)39(54)58-40(2,3)4)22-52(31)37(33)50-38(49-36)56-23-41-14-8-18-51(41)19-9-15-41/h1,12-13,20-21,31H,7-11,14-19,22-24H2,2-5H3/t31-,42-,43+/m1/s1. The number of methoxy groups -OCH3 is 1. The minimum absolute atomic E-state index is 0.0667. The number of fused-ring (bicyclic) bond motifs is 7. The van der Waals surface area contributed by atoms with E-state index in [0.717, 1.165) is 38.8 Å². The third kappa shape index (κ3) is 6.08. The van der Waals surface area contributed by atoms with E-state index in [1.807, 2.05) is 0 Å². The lowest BCUT2D eigenvalue weighted by molar-refractivity contribution is -0.133. The molecule has 0 aliphatic carbocycles. The highest BCUT2D eigenvalue weighted by molar-refractivity contribution is 6.03. The average Bonchev–Trinajstić information content (AvgIpc) is 3.82. The van der Waals surface area contributed by atoms with Crippen molar-refractivity contribution in [3.8, 4) is 35.4 Å². The topological polar surface area (TPSA) is 102 Å². The molecular formula is C43H46F4N6O5. The van der Waals surface area contributed by atoms with E-state index in [1.165, 1.54) is 30.2 Å². The van der Waals surface area contributed by atoms with Gasteiger partial charge in [-0.2, -0.15) is 9.97 Å². The lowest BCUT2D eigenvalue weighted by atomic mass is 9.90. The van der Waals surface area contributed by atoms with Gasteiger partial charge in [-0.25, -0.2) is 32.2 Å². The Hall–Kier alpha value is -4.94. The van der Waals surface area contributed by atoms with Crippen molar-refractivity contribution in [1.29, 1.82) is 0 Å². The fourth-order valence-electron chi connectivity index (χ4n) is 10.1. The summed E-state index contributed by atoms with van der Waals surface area (Å²) in [5.41, 5.74) is -1.10. The number of terminal acetylenes is 1. The van der Waals surface area contributed by atoms with Crippen LogP contribution in [0.5, 0.6) is 11.8 Å². The Bertz CT molecular complexity index is 2380. The summed E-state index contributed by atoms with van der Waals surface area (Å²) in [5, 5.41) is 0.905. The summed E-state index contributed by atoms with van der Waals surface area (Å²) in [6, 6.07) is 4.73. The van der Waals surface area contributed by atoms with E-state index in [4.69, 9.17) is 40.3 Å². The Morgan fingerprint density at radius 3 is 2.50 bits per heavy atom. The predicted molar refractivity (Wildman–Crippen MR) is 208 cm³/mol. The lowest BCUT2D eigenvalue weighted by Gasteiger charge is -2.52. The van der Waals surface area contributed by atoms with Crippen LogP contribution in [-0.4, -0.2) is 99.8 Å². The van der Waals surface area contributed by atoms with Gasteiger partial charge in [0, 0.05) is 30.9 Å². The van der Waals surface area contributed by atoms with Crippen LogP contribution in [0.2, 0.25) is 0 Å². The molecule has 7 heterocycles. The quantitative estimate of drug-likeness (QED) is 0.0792. The number of carbonyl (C=O) groups is 1. The zero-order chi connectivity index (χ0) is 40.8. The minimum Gasteiger partial charge on any atom is -0.468 e.